The normalized spacial score (nSPS) is 14.3. The van der Waals surface area contributed by atoms with Crippen LogP contribution >= 0.6 is 12.6 Å². The van der Waals surface area contributed by atoms with Crippen molar-refractivity contribution in [1.29, 1.82) is 0 Å². The molecule has 0 saturated carbocycles. The van der Waals surface area contributed by atoms with Crippen molar-refractivity contribution in [2.45, 2.75) is 63.7 Å². The van der Waals surface area contributed by atoms with Crippen molar-refractivity contribution in [2.24, 2.45) is 11.7 Å². The van der Waals surface area contributed by atoms with Gasteiger partial charge in [0.25, 0.3) is 0 Å². The number of carbonyl (C=O) groups excluding carboxylic acids is 3. The van der Waals surface area contributed by atoms with Crippen molar-refractivity contribution < 1.29 is 34.2 Å². The van der Waals surface area contributed by atoms with E-state index in [0.717, 1.165) is 5.56 Å². The Bertz CT molecular complexity index is 882. The van der Waals surface area contributed by atoms with E-state index in [4.69, 9.17) is 10.8 Å². The van der Waals surface area contributed by atoms with Crippen LogP contribution in [0, 0.1) is 5.92 Å². The molecule has 12 heteroatoms. The average Bonchev–Trinajstić information content (AvgIpc) is 2.79. The summed E-state index contributed by atoms with van der Waals surface area (Å²) < 4.78 is 0. The van der Waals surface area contributed by atoms with Gasteiger partial charge in [0.15, 0.2) is 0 Å². The molecule has 4 atom stereocenters. The number of nitrogens with two attached hydrogens (primary N) is 1. The molecule has 0 aliphatic rings. The first-order valence-corrected chi connectivity index (χ1v) is 11.8. The number of amides is 3. The number of benzene rings is 1. The Morgan fingerprint density at radius 1 is 0.886 bits per heavy atom. The highest BCUT2D eigenvalue weighted by Gasteiger charge is 2.30. The van der Waals surface area contributed by atoms with Gasteiger partial charge in [-0.05, 0) is 24.3 Å². The molecule has 3 amide bonds. The van der Waals surface area contributed by atoms with Crippen molar-refractivity contribution in [2.75, 3.05) is 5.75 Å². The van der Waals surface area contributed by atoms with Crippen LogP contribution in [0.4, 0.5) is 0 Å². The van der Waals surface area contributed by atoms with Gasteiger partial charge in [0, 0.05) is 18.6 Å². The van der Waals surface area contributed by atoms with E-state index in [1.165, 1.54) is 0 Å². The van der Waals surface area contributed by atoms with Crippen molar-refractivity contribution >= 4 is 42.3 Å². The van der Waals surface area contributed by atoms with Crippen LogP contribution in [0.2, 0.25) is 0 Å². The molecule has 0 saturated heterocycles. The fourth-order valence-corrected chi connectivity index (χ4v) is 3.44. The molecule has 0 aromatic heterocycles. The maximum Gasteiger partial charge on any atom is 0.326 e. The van der Waals surface area contributed by atoms with Gasteiger partial charge < -0.3 is 31.9 Å². The Morgan fingerprint density at radius 3 is 1.94 bits per heavy atom. The van der Waals surface area contributed by atoms with Gasteiger partial charge in [0.1, 0.15) is 18.1 Å². The molecule has 1 aromatic carbocycles. The summed E-state index contributed by atoms with van der Waals surface area (Å²) in [5.41, 5.74) is 6.49. The van der Waals surface area contributed by atoms with Crippen LogP contribution in [-0.4, -0.2) is 69.8 Å². The second-order valence-corrected chi connectivity index (χ2v) is 8.93. The average molecular weight is 511 g/mol. The molecule has 0 bridgehead atoms. The van der Waals surface area contributed by atoms with E-state index < -0.39 is 53.8 Å². The Labute approximate surface area is 209 Å². The van der Waals surface area contributed by atoms with Crippen LogP contribution in [0.25, 0.3) is 0 Å². The molecule has 194 valence electrons. The lowest BCUT2D eigenvalue weighted by Crippen LogP contribution is -2.58. The summed E-state index contributed by atoms with van der Waals surface area (Å²) in [6, 6.07) is 4.26. The molecule has 0 spiro atoms. The maximum atomic E-state index is 13.1. The summed E-state index contributed by atoms with van der Waals surface area (Å²) in [5, 5.41) is 25.6. The number of carboxylic acid groups (broad SMARTS) is 2. The van der Waals surface area contributed by atoms with Gasteiger partial charge >= 0.3 is 11.9 Å². The molecule has 1 aromatic rings. The number of hydrogen-bond acceptors (Lipinski definition) is 7. The van der Waals surface area contributed by atoms with E-state index in [1.54, 1.807) is 30.3 Å². The minimum absolute atomic E-state index is 0.0104. The molecule has 0 aliphatic heterocycles. The largest absolute Gasteiger partial charge is 0.481 e. The predicted molar refractivity (Wildman–Crippen MR) is 132 cm³/mol. The first kappa shape index (κ1) is 29.9. The zero-order valence-electron chi connectivity index (χ0n) is 19.8. The van der Waals surface area contributed by atoms with Crippen LogP contribution in [0.15, 0.2) is 30.3 Å². The summed E-state index contributed by atoms with van der Waals surface area (Å²) in [4.78, 5) is 60.5. The summed E-state index contributed by atoms with van der Waals surface area (Å²) >= 11 is 4.10. The highest BCUT2D eigenvalue weighted by molar-refractivity contribution is 7.80. The van der Waals surface area contributed by atoms with Gasteiger partial charge in [-0.1, -0.05) is 44.2 Å². The highest BCUT2D eigenvalue weighted by Crippen LogP contribution is 2.08. The number of carboxylic acids is 2. The number of hydrogen-bond donors (Lipinski definition) is 7. The third-order valence-corrected chi connectivity index (χ3v) is 5.42. The number of thiol groups is 1. The molecule has 0 heterocycles. The molecule has 35 heavy (non-hydrogen) atoms. The van der Waals surface area contributed by atoms with Gasteiger partial charge in [0.2, 0.25) is 17.7 Å². The summed E-state index contributed by atoms with van der Waals surface area (Å²) in [6.07, 6.45) is -0.145. The smallest absolute Gasteiger partial charge is 0.326 e. The third-order valence-electron chi connectivity index (χ3n) is 5.06. The van der Waals surface area contributed by atoms with Crippen LogP contribution in [0.5, 0.6) is 0 Å². The van der Waals surface area contributed by atoms with E-state index in [1.807, 2.05) is 13.8 Å². The molecule has 1 rings (SSSR count). The summed E-state index contributed by atoms with van der Waals surface area (Å²) in [6.45, 7) is 3.63. The van der Waals surface area contributed by atoms with Gasteiger partial charge in [0.05, 0.1) is 6.04 Å². The number of carbonyl (C=O) groups is 5. The molecular formula is C23H34N4O7S. The van der Waals surface area contributed by atoms with Crippen LogP contribution in [0.1, 0.15) is 38.7 Å². The van der Waals surface area contributed by atoms with E-state index >= 15 is 0 Å². The molecule has 11 nitrogen and oxygen atoms in total. The van der Waals surface area contributed by atoms with Crippen molar-refractivity contribution in [1.82, 2.24) is 16.0 Å². The lowest BCUT2D eigenvalue weighted by Gasteiger charge is -2.25. The Balaban J connectivity index is 2.97. The zero-order valence-corrected chi connectivity index (χ0v) is 20.7. The Hall–Kier alpha value is -3.12. The van der Waals surface area contributed by atoms with E-state index in [2.05, 4.69) is 28.6 Å². The fourth-order valence-electron chi connectivity index (χ4n) is 3.18. The zero-order chi connectivity index (χ0) is 26.5. The van der Waals surface area contributed by atoms with E-state index in [-0.39, 0.29) is 37.4 Å². The van der Waals surface area contributed by atoms with Crippen LogP contribution in [0.3, 0.4) is 0 Å². The second kappa shape index (κ2) is 15.0. The lowest BCUT2D eigenvalue weighted by molar-refractivity contribution is -0.142. The SMILES string of the molecule is CC(C)CC(NC(=O)C(CS)NC(=O)C(Cc1ccccc1)NC(=O)C(N)CCC(=O)O)C(=O)O. The van der Waals surface area contributed by atoms with Gasteiger partial charge in [-0.25, -0.2) is 4.79 Å². The Morgan fingerprint density at radius 2 is 1.43 bits per heavy atom. The Kier molecular flexibility index (Phi) is 12.8. The second-order valence-electron chi connectivity index (χ2n) is 8.56. The molecular weight excluding hydrogens is 476 g/mol. The third kappa shape index (κ3) is 11.2. The standard InChI is InChI=1S/C23H34N4O7S/c1-13(2)10-17(23(33)34)26-22(32)18(12-35)27-21(31)16(11-14-6-4-3-5-7-14)25-20(30)15(24)8-9-19(28)29/h3-7,13,15-18,35H,8-12,24H2,1-2H3,(H,25,30)(H,26,32)(H,27,31)(H,28,29)(H,33,34). The van der Waals surface area contributed by atoms with Gasteiger partial charge in [-0.15, -0.1) is 0 Å². The summed E-state index contributed by atoms with van der Waals surface area (Å²) in [5.74, 6) is -4.53. The van der Waals surface area contributed by atoms with Crippen molar-refractivity contribution in [3.63, 3.8) is 0 Å². The quantitative estimate of drug-likeness (QED) is 0.160. The minimum atomic E-state index is -1.19. The van der Waals surface area contributed by atoms with Crippen LogP contribution < -0.4 is 21.7 Å². The fraction of sp³-hybridized carbons (Fsp3) is 0.522. The van der Waals surface area contributed by atoms with Crippen molar-refractivity contribution in [3.05, 3.63) is 35.9 Å². The first-order chi connectivity index (χ1) is 16.4. The lowest BCUT2D eigenvalue weighted by atomic mass is 10.0. The van der Waals surface area contributed by atoms with Crippen molar-refractivity contribution in [3.8, 4) is 0 Å². The topological polar surface area (TPSA) is 188 Å². The van der Waals surface area contributed by atoms with Gasteiger partial charge in [-0.3, -0.25) is 19.2 Å². The minimum Gasteiger partial charge on any atom is -0.481 e. The maximum absolute atomic E-state index is 13.1. The molecule has 0 radical (unpaired) electrons. The molecule has 0 fully saturated rings. The predicted octanol–water partition coefficient (Wildman–Crippen LogP) is -0.0639. The van der Waals surface area contributed by atoms with Crippen LogP contribution in [-0.2, 0) is 30.4 Å². The molecule has 4 unspecified atom stereocenters. The van der Waals surface area contributed by atoms with E-state index in [9.17, 15) is 29.1 Å². The number of rotatable bonds is 15. The first-order valence-electron chi connectivity index (χ1n) is 11.2. The molecule has 0 aliphatic carbocycles. The monoisotopic (exact) mass is 510 g/mol. The number of nitrogens with one attached hydrogen (secondary N) is 3. The highest BCUT2D eigenvalue weighted by atomic mass is 32.1. The van der Waals surface area contributed by atoms with E-state index in [0.29, 0.717) is 0 Å². The van der Waals surface area contributed by atoms with Gasteiger partial charge in [-0.2, -0.15) is 12.6 Å². The summed E-state index contributed by atoms with van der Waals surface area (Å²) in [7, 11) is 0. The molecule has 7 N–H and O–H groups in total. The number of aliphatic carboxylic acids is 2.